The van der Waals surface area contributed by atoms with Gasteiger partial charge < -0.3 is 19.5 Å². The molecule has 5 rings (SSSR count). The first-order chi connectivity index (χ1) is 13.9. The Bertz CT molecular complexity index is 1070. The van der Waals surface area contributed by atoms with E-state index in [9.17, 15) is 13.2 Å². The normalized spacial score (nSPS) is 23.2. The molecule has 0 spiro atoms. The lowest BCUT2D eigenvalue weighted by atomic mass is 9.89. The second-order valence-electron chi connectivity index (χ2n) is 7.81. The third-order valence-corrected chi connectivity index (χ3v) is 5.61. The Hall–Kier alpha value is -2.97. The molecule has 2 aliphatic rings. The highest BCUT2D eigenvalue weighted by atomic mass is 19.2. The van der Waals surface area contributed by atoms with Gasteiger partial charge in [-0.05, 0) is 13.0 Å². The standard InChI is InChI=1S/C20H20F3N5O/c1-10-9-27(2)19-18-16(3-4-28(10)18)25-20(26-19)24-11-5-12(6-11)29-13-7-14(21)17(23)15(22)8-13/h3-4,7-8,10-12H,5-6,9H2,1-2H3,(H,24,25,26)/t10-,11?,12?/m1/s1. The lowest BCUT2D eigenvalue weighted by molar-refractivity contribution is 0.107. The quantitative estimate of drug-likeness (QED) is 0.670. The van der Waals surface area contributed by atoms with Crippen LogP contribution in [0.5, 0.6) is 5.75 Å². The molecule has 6 nitrogen and oxygen atoms in total. The molecule has 152 valence electrons. The summed E-state index contributed by atoms with van der Waals surface area (Å²) in [6.07, 6.45) is 3.10. The minimum atomic E-state index is -1.49. The Morgan fingerprint density at radius 2 is 1.86 bits per heavy atom. The minimum Gasteiger partial charge on any atom is -0.490 e. The summed E-state index contributed by atoms with van der Waals surface area (Å²) >= 11 is 0. The smallest absolute Gasteiger partial charge is 0.225 e. The second-order valence-corrected chi connectivity index (χ2v) is 7.81. The van der Waals surface area contributed by atoms with Crippen molar-refractivity contribution in [3.63, 3.8) is 0 Å². The summed E-state index contributed by atoms with van der Waals surface area (Å²) in [7, 11) is 2.02. The molecule has 1 aliphatic carbocycles. The van der Waals surface area contributed by atoms with E-state index in [-0.39, 0.29) is 17.9 Å². The second kappa shape index (κ2) is 6.53. The van der Waals surface area contributed by atoms with Crippen molar-refractivity contribution in [3.05, 3.63) is 41.8 Å². The van der Waals surface area contributed by atoms with Crippen molar-refractivity contribution in [2.75, 3.05) is 23.8 Å². The molecule has 1 atom stereocenters. The number of benzene rings is 1. The van der Waals surface area contributed by atoms with Gasteiger partial charge in [-0.1, -0.05) is 0 Å². The van der Waals surface area contributed by atoms with Crippen molar-refractivity contribution in [1.29, 1.82) is 0 Å². The average molecular weight is 403 g/mol. The summed E-state index contributed by atoms with van der Waals surface area (Å²) in [5.74, 6) is -2.57. The molecular weight excluding hydrogens is 383 g/mol. The molecule has 0 bridgehead atoms. The highest BCUT2D eigenvalue weighted by molar-refractivity contribution is 5.89. The van der Waals surface area contributed by atoms with Crippen LogP contribution in [0.4, 0.5) is 24.9 Å². The van der Waals surface area contributed by atoms with Crippen molar-refractivity contribution >= 4 is 22.8 Å². The van der Waals surface area contributed by atoms with E-state index in [4.69, 9.17) is 4.74 Å². The fourth-order valence-electron chi connectivity index (χ4n) is 4.07. The predicted molar refractivity (Wildman–Crippen MR) is 103 cm³/mol. The predicted octanol–water partition coefficient (Wildman–Crippen LogP) is 3.88. The number of nitrogens with zero attached hydrogens (tertiary/aromatic N) is 4. The lowest BCUT2D eigenvalue weighted by Crippen LogP contribution is -2.43. The van der Waals surface area contributed by atoms with E-state index in [0.29, 0.717) is 24.8 Å². The number of likely N-dealkylation sites (N-methyl/N-ethyl adjacent to an activating group) is 1. The summed E-state index contributed by atoms with van der Waals surface area (Å²) < 4.78 is 47.4. The Morgan fingerprint density at radius 1 is 1.14 bits per heavy atom. The maximum absolute atomic E-state index is 13.3. The summed E-state index contributed by atoms with van der Waals surface area (Å²) in [6, 6.07) is 4.17. The largest absolute Gasteiger partial charge is 0.490 e. The van der Waals surface area contributed by atoms with E-state index in [1.165, 1.54) is 0 Å². The van der Waals surface area contributed by atoms with Gasteiger partial charge in [0.1, 0.15) is 17.4 Å². The molecule has 0 saturated heterocycles. The molecule has 1 N–H and O–H groups in total. The molecule has 1 fully saturated rings. The first-order valence-corrected chi connectivity index (χ1v) is 9.56. The van der Waals surface area contributed by atoms with Crippen LogP contribution in [0.1, 0.15) is 25.8 Å². The third-order valence-electron chi connectivity index (χ3n) is 5.61. The number of nitrogens with one attached hydrogen (secondary N) is 1. The van der Waals surface area contributed by atoms with E-state index in [1.807, 2.05) is 19.3 Å². The average Bonchev–Trinajstić information content (AvgIpc) is 3.07. The monoisotopic (exact) mass is 403 g/mol. The Labute approximate surface area is 165 Å². The van der Waals surface area contributed by atoms with E-state index in [0.717, 1.165) is 35.5 Å². The van der Waals surface area contributed by atoms with Crippen molar-refractivity contribution in [1.82, 2.24) is 14.5 Å². The van der Waals surface area contributed by atoms with Crippen LogP contribution in [-0.2, 0) is 0 Å². The van der Waals surface area contributed by atoms with Gasteiger partial charge in [0.2, 0.25) is 5.95 Å². The number of hydrogen-bond donors (Lipinski definition) is 1. The zero-order valence-electron chi connectivity index (χ0n) is 16.0. The van der Waals surface area contributed by atoms with Crippen molar-refractivity contribution in [2.45, 2.75) is 38.0 Å². The first-order valence-electron chi connectivity index (χ1n) is 9.56. The van der Waals surface area contributed by atoms with E-state index in [2.05, 4.69) is 31.7 Å². The van der Waals surface area contributed by atoms with Gasteiger partial charge in [-0.3, -0.25) is 0 Å². The van der Waals surface area contributed by atoms with Gasteiger partial charge in [-0.2, -0.15) is 4.98 Å². The zero-order chi connectivity index (χ0) is 20.3. The number of ether oxygens (including phenoxy) is 1. The lowest BCUT2D eigenvalue weighted by Gasteiger charge is -2.36. The molecule has 1 saturated carbocycles. The molecule has 0 unspecified atom stereocenters. The van der Waals surface area contributed by atoms with E-state index in [1.54, 1.807) is 0 Å². The first kappa shape index (κ1) is 18.1. The molecule has 3 aromatic rings. The molecule has 9 heteroatoms. The fraction of sp³-hybridized carbons (Fsp3) is 0.400. The molecule has 29 heavy (non-hydrogen) atoms. The van der Waals surface area contributed by atoms with E-state index >= 15 is 0 Å². The van der Waals surface area contributed by atoms with Crippen LogP contribution in [-0.4, -0.2) is 40.3 Å². The topological polar surface area (TPSA) is 55.2 Å². The summed E-state index contributed by atoms with van der Waals surface area (Å²) in [4.78, 5) is 11.4. The van der Waals surface area contributed by atoms with Gasteiger partial charge in [-0.25, -0.2) is 18.2 Å². The molecule has 1 aliphatic heterocycles. The van der Waals surface area contributed by atoms with Crippen LogP contribution < -0.4 is 15.0 Å². The van der Waals surface area contributed by atoms with E-state index < -0.39 is 17.5 Å². The summed E-state index contributed by atoms with van der Waals surface area (Å²) in [5, 5.41) is 3.31. The molecule has 0 radical (unpaired) electrons. The molecule has 3 heterocycles. The molecule has 1 aromatic carbocycles. The SMILES string of the molecule is C[C@@H]1CN(C)c2nc(NC3CC(Oc4cc(F)c(F)c(F)c4)C3)nc3ccn1c23. The Morgan fingerprint density at radius 3 is 2.59 bits per heavy atom. The van der Waals surface area contributed by atoms with Crippen molar-refractivity contribution in [2.24, 2.45) is 0 Å². The number of aromatic nitrogens is 3. The zero-order valence-corrected chi connectivity index (χ0v) is 16.0. The van der Waals surface area contributed by atoms with Gasteiger partial charge in [0.05, 0.1) is 5.52 Å². The number of anilines is 2. The van der Waals surface area contributed by atoms with Crippen LogP contribution >= 0.6 is 0 Å². The molecule has 0 amide bonds. The van der Waals surface area contributed by atoms with Crippen LogP contribution in [0.15, 0.2) is 24.4 Å². The fourth-order valence-corrected chi connectivity index (χ4v) is 4.07. The Balaban J connectivity index is 1.27. The van der Waals surface area contributed by atoms with Crippen molar-refractivity contribution in [3.8, 4) is 5.75 Å². The number of hydrogen-bond acceptors (Lipinski definition) is 5. The van der Waals surface area contributed by atoms with Gasteiger partial charge >= 0.3 is 0 Å². The van der Waals surface area contributed by atoms with Crippen LogP contribution in [0.25, 0.3) is 11.0 Å². The highest BCUT2D eigenvalue weighted by Crippen LogP contribution is 2.34. The minimum absolute atomic E-state index is 0.0102. The van der Waals surface area contributed by atoms with Gasteiger partial charge in [0.15, 0.2) is 23.3 Å². The summed E-state index contributed by atoms with van der Waals surface area (Å²) in [5.41, 5.74) is 1.92. The maximum atomic E-state index is 13.3. The highest BCUT2D eigenvalue weighted by Gasteiger charge is 2.33. The van der Waals surface area contributed by atoms with Crippen LogP contribution in [0, 0.1) is 17.5 Å². The van der Waals surface area contributed by atoms with Crippen LogP contribution in [0.2, 0.25) is 0 Å². The van der Waals surface area contributed by atoms with Gasteiger partial charge in [-0.15, -0.1) is 0 Å². The van der Waals surface area contributed by atoms with Crippen LogP contribution in [0.3, 0.4) is 0 Å². The third kappa shape index (κ3) is 3.04. The Kier molecular flexibility index (Phi) is 4.07. The maximum Gasteiger partial charge on any atom is 0.225 e. The van der Waals surface area contributed by atoms with Crippen molar-refractivity contribution < 1.29 is 17.9 Å². The number of halogens is 3. The summed E-state index contributed by atoms with van der Waals surface area (Å²) in [6.45, 7) is 3.04. The van der Waals surface area contributed by atoms with Gasteiger partial charge in [0.25, 0.3) is 0 Å². The molecular formula is C20H20F3N5O. The number of rotatable bonds is 4. The molecule has 2 aromatic heterocycles. The van der Waals surface area contributed by atoms with Gasteiger partial charge in [0, 0.05) is 56.8 Å².